The molecule has 3 heteroatoms. The molecule has 2 aromatic rings. The van der Waals surface area contributed by atoms with Crippen LogP contribution in [0.4, 0.5) is 4.39 Å². The summed E-state index contributed by atoms with van der Waals surface area (Å²) in [6, 6.07) is 8.72. The molecule has 102 valence electrons. The largest absolute Gasteiger partial charge is 0.259 e. The molecule has 0 unspecified atom stereocenters. The quantitative estimate of drug-likeness (QED) is 0.800. The molecule has 0 aliphatic carbocycles. The van der Waals surface area contributed by atoms with E-state index >= 15 is 0 Å². The van der Waals surface area contributed by atoms with E-state index in [1.54, 1.807) is 0 Å². The van der Waals surface area contributed by atoms with Gasteiger partial charge in [-0.1, -0.05) is 13.3 Å². The summed E-state index contributed by atoms with van der Waals surface area (Å²) in [6.45, 7) is 8.53. The molecule has 1 aromatic carbocycles. The molecule has 0 fully saturated rings. The molecule has 0 atom stereocenters. The number of benzene rings is 1. The third-order valence-corrected chi connectivity index (χ3v) is 3.04. The van der Waals surface area contributed by atoms with E-state index < -0.39 is 0 Å². The standard InChI is InChI=1S/C16H21FN2/c1-5-6-14-11-15(19(18-14)16(2,3)4)12-7-9-13(17)10-8-12/h7-11H,5-6H2,1-4H3. The van der Waals surface area contributed by atoms with Crippen LogP contribution in [0.25, 0.3) is 11.3 Å². The van der Waals surface area contributed by atoms with Crippen molar-refractivity contribution in [2.24, 2.45) is 0 Å². The second-order valence-electron chi connectivity index (χ2n) is 5.86. The summed E-state index contributed by atoms with van der Waals surface area (Å²) in [7, 11) is 0. The van der Waals surface area contributed by atoms with Gasteiger partial charge in [-0.15, -0.1) is 0 Å². The first-order chi connectivity index (χ1) is 8.91. The summed E-state index contributed by atoms with van der Waals surface area (Å²) in [5.41, 5.74) is 3.06. The summed E-state index contributed by atoms with van der Waals surface area (Å²) in [4.78, 5) is 0. The molecule has 0 aliphatic rings. The Hall–Kier alpha value is -1.64. The summed E-state index contributed by atoms with van der Waals surface area (Å²) in [6.07, 6.45) is 2.04. The lowest BCUT2D eigenvalue weighted by atomic mass is 10.1. The van der Waals surface area contributed by atoms with Gasteiger partial charge in [-0.25, -0.2) is 4.39 Å². The normalized spacial score (nSPS) is 11.8. The van der Waals surface area contributed by atoms with Crippen molar-refractivity contribution in [1.82, 2.24) is 9.78 Å². The molecule has 0 saturated heterocycles. The number of hydrogen-bond acceptors (Lipinski definition) is 1. The van der Waals surface area contributed by atoms with Crippen molar-refractivity contribution in [3.05, 3.63) is 41.8 Å². The third-order valence-electron chi connectivity index (χ3n) is 3.04. The van der Waals surface area contributed by atoms with Crippen LogP contribution in [0.5, 0.6) is 0 Å². The fourth-order valence-corrected chi connectivity index (χ4v) is 2.15. The van der Waals surface area contributed by atoms with Crippen molar-refractivity contribution in [3.8, 4) is 11.3 Å². The lowest BCUT2D eigenvalue weighted by molar-refractivity contribution is 0.357. The molecule has 1 heterocycles. The van der Waals surface area contributed by atoms with E-state index in [0.717, 1.165) is 29.8 Å². The van der Waals surface area contributed by atoms with Gasteiger partial charge in [0.2, 0.25) is 0 Å². The van der Waals surface area contributed by atoms with Crippen LogP contribution in [0.1, 0.15) is 39.8 Å². The van der Waals surface area contributed by atoms with Crippen molar-refractivity contribution in [3.63, 3.8) is 0 Å². The maximum Gasteiger partial charge on any atom is 0.123 e. The zero-order valence-electron chi connectivity index (χ0n) is 12.1. The fourth-order valence-electron chi connectivity index (χ4n) is 2.15. The Morgan fingerprint density at radius 2 is 1.79 bits per heavy atom. The van der Waals surface area contributed by atoms with Gasteiger partial charge < -0.3 is 0 Å². The van der Waals surface area contributed by atoms with E-state index in [1.165, 1.54) is 12.1 Å². The third kappa shape index (κ3) is 3.03. The maximum absolute atomic E-state index is 13.0. The van der Waals surface area contributed by atoms with Crippen molar-refractivity contribution >= 4 is 0 Å². The van der Waals surface area contributed by atoms with E-state index in [-0.39, 0.29) is 11.4 Å². The molecule has 0 spiro atoms. The number of aryl methyl sites for hydroxylation is 1. The number of nitrogens with zero attached hydrogens (tertiary/aromatic N) is 2. The highest BCUT2D eigenvalue weighted by atomic mass is 19.1. The molecular formula is C16H21FN2. The van der Waals surface area contributed by atoms with Crippen molar-refractivity contribution in [2.75, 3.05) is 0 Å². The zero-order chi connectivity index (χ0) is 14.0. The molecule has 0 aliphatic heterocycles. The molecule has 0 bridgehead atoms. The molecule has 0 saturated carbocycles. The van der Waals surface area contributed by atoms with Crippen LogP contribution in [-0.2, 0) is 12.0 Å². The first-order valence-electron chi connectivity index (χ1n) is 6.77. The van der Waals surface area contributed by atoms with Gasteiger partial charge in [-0.3, -0.25) is 4.68 Å². The van der Waals surface area contributed by atoms with Gasteiger partial charge in [0.1, 0.15) is 5.82 Å². The summed E-state index contributed by atoms with van der Waals surface area (Å²) in [5, 5.41) is 4.69. The highest BCUT2D eigenvalue weighted by Gasteiger charge is 2.20. The van der Waals surface area contributed by atoms with Crippen LogP contribution in [0.3, 0.4) is 0 Å². The Labute approximate surface area is 114 Å². The molecule has 2 rings (SSSR count). The predicted octanol–water partition coefficient (Wildman–Crippen LogP) is 4.40. The SMILES string of the molecule is CCCc1cc(-c2ccc(F)cc2)n(C(C)(C)C)n1. The predicted molar refractivity (Wildman–Crippen MR) is 76.6 cm³/mol. The molecule has 2 nitrogen and oxygen atoms in total. The van der Waals surface area contributed by atoms with Gasteiger partial charge in [-0.2, -0.15) is 5.10 Å². The zero-order valence-corrected chi connectivity index (χ0v) is 12.1. The van der Waals surface area contributed by atoms with Gasteiger partial charge in [0, 0.05) is 5.56 Å². The Morgan fingerprint density at radius 1 is 1.16 bits per heavy atom. The van der Waals surface area contributed by atoms with Crippen LogP contribution in [0, 0.1) is 5.82 Å². The van der Waals surface area contributed by atoms with E-state index in [4.69, 9.17) is 5.10 Å². The number of rotatable bonds is 3. The smallest absolute Gasteiger partial charge is 0.123 e. The summed E-state index contributed by atoms with van der Waals surface area (Å²) >= 11 is 0. The van der Waals surface area contributed by atoms with E-state index in [2.05, 4.69) is 33.8 Å². The van der Waals surface area contributed by atoms with E-state index in [1.807, 2.05) is 16.8 Å². The average molecular weight is 260 g/mol. The highest BCUT2D eigenvalue weighted by molar-refractivity contribution is 5.60. The summed E-state index contributed by atoms with van der Waals surface area (Å²) < 4.78 is 15.1. The number of hydrogen-bond donors (Lipinski definition) is 0. The first-order valence-corrected chi connectivity index (χ1v) is 6.77. The molecule has 0 amide bonds. The molecular weight excluding hydrogens is 239 g/mol. The van der Waals surface area contributed by atoms with Gasteiger partial charge in [0.15, 0.2) is 0 Å². The fraction of sp³-hybridized carbons (Fsp3) is 0.438. The van der Waals surface area contributed by atoms with Crippen LogP contribution in [0.2, 0.25) is 0 Å². The Bertz CT molecular complexity index is 547. The highest BCUT2D eigenvalue weighted by Crippen LogP contribution is 2.27. The Balaban J connectivity index is 2.51. The number of aromatic nitrogens is 2. The van der Waals surface area contributed by atoms with E-state index in [9.17, 15) is 4.39 Å². The molecule has 0 radical (unpaired) electrons. The monoisotopic (exact) mass is 260 g/mol. The first kappa shape index (κ1) is 13.8. The van der Waals surface area contributed by atoms with Gasteiger partial charge >= 0.3 is 0 Å². The topological polar surface area (TPSA) is 17.8 Å². The lowest BCUT2D eigenvalue weighted by Gasteiger charge is -2.22. The van der Waals surface area contributed by atoms with Gasteiger partial charge in [-0.05, 0) is 57.5 Å². The number of halogens is 1. The molecule has 19 heavy (non-hydrogen) atoms. The second-order valence-corrected chi connectivity index (χ2v) is 5.86. The average Bonchev–Trinajstić information content (AvgIpc) is 2.74. The minimum Gasteiger partial charge on any atom is -0.259 e. The minimum atomic E-state index is -0.209. The molecule has 0 N–H and O–H groups in total. The van der Waals surface area contributed by atoms with Crippen molar-refractivity contribution in [1.29, 1.82) is 0 Å². The maximum atomic E-state index is 13.0. The summed E-state index contributed by atoms with van der Waals surface area (Å²) in [5.74, 6) is -0.209. The Kier molecular flexibility index (Phi) is 3.74. The lowest BCUT2D eigenvalue weighted by Crippen LogP contribution is -2.24. The van der Waals surface area contributed by atoms with Crippen molar-refractivity contribution < 1.29 is 4.39 Å². The van der Waals surface area contributed by atoms with E-state index in [0.29, 0.717) is 0 Å². The minimum absolute atomic E-state index is 0.0876. The van der Waals surface area contributed by atoms with Crippen LogP contribution < -0.4 is 0 Å². The van der Waals surface area contributed by atoms with Crippen LogP contribution in [-0.4, -0.2) is 9.78 Å². The van der Waals surface area contributed by atoms with Crippen LogP contribution in [0.15, 0.2) is 30.3 Å². The second kappa shape index (κ2) is 5.16. The van der Waals surface area contributed by atoms with Crippen molar-refractivity contribution in [2.45, 2.75) is 46.1 Å². The van der Waals surface area contributed by atoms with Gasteiger partial charge in [0.05, 0.1) is 16.9 Å². The Morgan fingerprint density at radius 3 is 2.32 bits per heavy atom. The van der Waals surface area contributed by atoms with Crippen LogP contribution >= 0.6 is 0 Å². The molecule has 1 aromatic heterocycles. The van der Waals surface area contributed by atoms with Gasteiger partial charge in [0.25, 0.3) is 0 Å².